The van der Waals surface area contributed by atoms with E-state index in [4.69, 9.17) is 0 Å². The van der Waals surface area contributed by atoms with Gasteiger partial charge in [-0.3, -0.25) is 4.79 Å². The van der Waals surface area contributed by atoms with Crippen molar-refractivity contribution in [1.29, 1.82) is 0 Å². The number of methoxy groups -OCH3 is 1. The van der Waals surface area contributed by atoms with Crippen LogP contribution in [0.25, 0.3) is 0 Å². The van der Waals surface area contributed by atoms with Crippen LogP contribution >= 0.6 is 27.7 Å². The van der Waals surface area contributed by atoms with Gasteiger partial charge in [0, 0.05) is 17.1 Å². The molecule has 0 radical (unpaired) electrons. The van der Waals surface area contributed by atoms with Gasteiger partial charge in [-0.2, -0.15) is 11.8 Å². The second-order valence-electron chi connectivity index (χ2n) is 3.20. The molecule has 0 spiro atoms. The molecule has 0 N–H and O–H groups in total. The van der Waals surface area contributed by atoms with Gasteiger partial charge in [0.2, 0.25) is 0 Å². The number of thioether (sulfide) groups is 1. The minimum Gasteiger partial charge on any atom is -0.469 e. The lowest BCUT2D eigenvalue weighted by atomic mass is 10.2. The first-order valence-electron chi connectivity index (χ1n) is 4.83. The van der Waals surface area contributed by atoms with Crippen molar-refractivity contribution in [3.63, 3.8) is 0 Å². The Balaban J connectivity index is 2.52. The van der Waals surface area contributed by atoms with E-state index in [-0.39, 0.29) is 28.2 Å². The third-order valence-corrected chi connectivity index (χ3v) is 3.66. The molecule has 0 fully saturated rings. The summed E-state index contributed by atoms with van der Waals surface area (Å²) >= 11 is 4.28. The van der Waals surface area contributed by atoms with Gasteiger partial charge in [-0.15, -0.1) is 0 Å². The molecular formula is C11H11BrF2O2S. The highest BCUT2D eigenvalue weighted by Gasteiger charge is 2.12. The van der Waals surface area contributed by atoms with E-state index in [2.05, 4.69) is 20.7 Å². The second kappa shape index (κ2) is 6.96. The molecule has 0 saturated heterocycles. The molecule has 0 aliphatic carbocycles. The predicted octanol–water partition coefficient (Wildman–Crippen LogP) is 3.52. The van der Waals surface area contributed by atoms with Crippen LogP contribution in [0.5, 0.6) is 0 Å². The zero-order valence-corrected chi connectivity index (χ0v) is 11.5. The van der Waals surface area contributed by atoms with Crippen LogP contribution in [0.15, 0.2) is 16.6 Å². The Labute approximate surface area is 111 Å². The minimum atomic E-state index is -0.587. The topological polar surface area (TPSA) is 26.3 Å². The minimum absolute atomic E-state index is 0.0224. The first kappa shape index (κ1) is 14.4. The quantitative estimate of drug-likeness (QED) is 0.471. The molecular weight excluding hydrogens is 314 g/mol. The maximum absolute atomic E-state index is 13.5. The lowest BCUT2D eigenvalue weighted by Crippen LogP contribution is -2.02. The monoisotopic (exact) mass is 324 g/mol. The van der Waals surface area contributed by atoms with Gasteiger partial charge in [-0.05, 0) is 28.1 Å². The molecule has 0 unspecified atom stereocenters. The summed E-state index contributed by atoms with van der Waals surface area (Å²) in [6, 6.07) is 2.54. The van der Waals surface area contributed by atoms with E-state index in [1.54, 1.807) is 0 Å². The van der Waals surface area contributed by atoms with Gasteiger partial charge in [0.1, 0.15) is 11.6 Å². The van der Waals surface area contributed by atoms with Crippen LogP contribution in [0.3, 0.4) is 0 Å². The van der Waals surface area contributed by atoms with Crippen molar-refractivity contribution in [1.82, 2.24) is 0 Å². The van der Waals surface area contributed by atoms with Crippen molar-refractivity contribution in [3.05, 3.63) is 33.8 Å². The first-order valence-corrected chi connectivity index (χ1v) is 6.78. The number of halogens is 3. The third-order valence-electron chi connectivity index (χ3n) is 2.06. The molecule has 0 heterocycles. The molecule has 0 saturated carbocycles. The summed E-state index contributed by atoms with van der Waals surface area (Å²) in [6.45, 7) is 0. The molecule has 1 aromatic carbocycles. The van der Waals surface area contributed by atoms with Crippen molar-refractivity contribution in [2.24, 2.45) is 0 Å². The molecule has 0 bridgehead atoms. The van der Waals surface area contributed by atoms with E-state index in [1.807, 2.05) is 0 Å². The van der Waals surface area contributed by atoms with Crippen molar-refractivity contribution in [3.8, 4) is 0 Å². The lowest BCUT2D eigenvalue weighted by Gasteiger charge is -2.06. The number of carbonyl (C=O) groups is 1. The van der Waals surface area contributed by atoms with E-state index >= 15 is 0 Å². The Morgan fingerprint density at radius 3 is 2.82 bits per heavy atom. The van der Waals surface area contributed by atoms with Gasteiger partial charge in [0.25, 0.3) is 0 Å². The van der Waals surface area contributed by atoms with Crippen LogP contribution < -0.4 is 0 Å². The van der Waals surface area contributed by atoms with Gasteiger partial charge in [0.15, 0.2) is 0 Å². The van der Waals surface area contributed by atoms with Crippen LogP contribution in [0.2, 0.25) is 0 Å². The summed E-state index contributed by atoms with van der Waals surface area (Å²) in [4.78, 5) is 10.8. The Kier molecular flexibility index (Phi) is 5.91. The van der Waals surface area contributed by atoms with Crippen molar-refractivity contribution in [2.75, 3.05) is 12.9 Å². The van der Waals surface area contributed by atoms with Crippen LogP contribution in [0.4, 0.5) is 8.78 Å². The van der Waals surface area contributed by atoms with E-state index in [0.29, 0.717) is 5.75 Å². The number of hydrogen-bond acceptors (Lipinski definition) is 3. The van der Waals surface area contributed by atoms with E-state index < -0.39 is 11.6 Å². The maximum atomic E-state index is 13.5. The fourth-order valence-electron chi connectivity index (χ4n) is 1.13. The zero-order chi connectivity index (χ0) is 12.8. The Bertz CT molecular complexity index is 413. The van der Waals surface area contributed by atoms with Gasteiger partial charge < -0.3 is 4.74 Å². The average Bonchev–Trinajstić information content (AvgIpc) is 2.32. The maximum Gasteiger partial charge on any atom is 0.306 e. The Hall–Kier alpha value is -0.620. The van der Waals surface area contributed by atoms with E-state index in [1.165, 1.54) is 31.0 Å². The van der Waals surface area contributed by atoms with Gasteiger partial charge >= 0.3 is 5.97 Å². The number of esters is 1. The molecule has 0 amide bonds. The van der Waals surface area contributed by atoms with Crippen LogP contribution in [-0.4, -0.2) is 18.8 Å². The molecule has 0 aromatic heterocycles. The zero-order valence-electron chi connectivity index (χ0n) is 9.13. The summed E-state index contributed by atoms with van der Waals surface area (Å²) in [7, 11) is 1.31. The fourth-order valence-corrected chi connectivity index (χ4v) is 2.43. The summed E-state index contributed by atoms with van der Waals surface area (Å²) in [6.07, 6.45) is 0.235. The van der Waals surface area contributed by atoms with Crippen LogP contribution in [-0.2, 0) is 15.3 Å². The highest BCUT2D eigenvalue weighted by Crippen LogP contribution is 2.25. The van der Waals surface area contributed by atoms with Crippen molar-refractivity contribution in [2.45, 2.75) is 12.2 Å². The number of benzene rings is 1. The molecule has 0 aliphatic heterocycles. The normalized spacial score (nSPS) is 10.4. The SMILES string of the molecule is COC(=O)CCSCc1c(F)ccc(Br)c1F. The lowest BCUT2D eigenvalue weighted by molar-refractivity contribution is -0.140. The predicted molar refractivity (Wildman–Crippen MR) is 66.9 cm³/mol. The summed E-state index contributed by atoms with van der Waals surface area (Å²) in [5.74, 6) is -0.828. The summed E-state index contributed by atoms with van der Waals surface area (Å²) in [5.41, 5.74) is 0.0224. The van der Waals surface area contributed by atoms with Crippen molar-refractivity contribution < 1.29 is 18.3 Å². The highest BCUT2D eigenvalue weighted by molar-refractivity contribution is 9.10. The van der Waals surface area contributed by atoms with Crippen molar-refractivity contribution >= 4 is 33.7 Å². The molecule has 6 heteroatoms. The van der Waals surface area contributed by atoms with Gasteiger partial charge in [0.05, 0.1) is 18.0 Å². The summed E-state index contributed by atoms with van der Waals surface area (Å²) in [5, 5.41) is 0. The molecule has 2 nitrogen and oxygen atoms in total. The summed E-state index contributed by atoms with van der Waals surface area (Å²) < 4.78 is 31.5. The molecule has 17 heavy (non-hydrogen) atoms. The smallest absolute Gasteiger partial charge is 0.306 e. The molecule has 94 valence electrons. The number of carbonyl (C=O) groups excluding carboxylic acids is 1. The fraction of sp³-hybridized carbons (Fsp3) is 0.364. The molecule has 0 atom stereocenters. The number of rotatable bonds is 5. The number of ether oxygens (including phenoxy) is 1. The van der Waals surface area contributed by atoms with Crippen LogP contribution in [0.1, 0.15) is 12.0 Å². The van der Waals surface area contributed by atoms with Gasteiger partial charge in [-0.25, -0.2) is 8.78 Å². The van der Waals surface area contributed by atoms with Crippen LogP contribution in [0, 0.1) is 11.6 Å². The van der Waals surface area contributed by atoms with E-state index in [0.717, 1.165) is 0 Å². The van der Waals surface area contributed by atoms with Gasteiger partial charge in [-0.1, -0.05) is 0 Å². The third kappa shape index (κ3) is 4.27. The highest BCUT2D eigenvalue weighted by atomic mass is 79.9. The second-order valence-corrected chi connectivity index (χ2v) is 5.16. The number of hydrogen-bond donors (Lipinski definition) is 0. The average molecular weight is 325 g/mol. The standard InChI is InChI=1S/C11H11BrF2O2S/c1-16-10(15)4-5-17-6-7-9(13)3-2-8(12)11(7)14/h2-3H,4-6H2,1H3. The van der Waals surface area contributed by atoms with E-state index in [9.17, 15) is 13.6 Å². The first-order chi connectivity index (χ1) is 8.06. The Morgan fingerprint density at radius 1 is 1.47 bits per heavy atom. The Morgan fingerprint density at radius 2 is 2.18 bits per heavy atom. The molecule has 0 aliphatic rings. The largest absolute Gasteiger partial charge is 0.469 e. The molecule has 1 aromatic rings. The molecule has 1 rings (SSSR count).